The summed E-state index contributed by atoms with van der Waals surface area (Å²) in [5, 5.41) is 20.8. The van der Waals surface area contributed by atoms with Gasteiger partial charge in [-0.15, -0.1) is 0 Å². The first-order valence-electron chi connectivity index (χ1n) is 15.8. The van der Waals surface area contributed by atoms with Crippen molar-refractivity contribution in [2.75, 3.05) is 19.1 Å². The number of nitrogens with zero attached hydrogens (tertiary/aromatic N) is 1. The smallest absolute Gasteiger partial charge is 0.307 e. The lowest BCUT2D eigenvalue weighted by atomic mass is 9.82. The number of carboxylic acid groups (broad SMARTS) is 1. The fourth-order valence-corrected chi connectivity index (χ4v) is 6.79. The van der Waals surface area contributed by atoms with E-state index in [-0.39, 0.29) is 18.1 Å². The number of benzene rings is 4. The van der Waals surface area contributed by atoms with Crippen molar-refractivity contribution in [3.05, 3.63) is 121 Å². The summed E-state index contributed by atoms with van der Waals surface area (Å²) in [6.07, 6.45) is 4.90. The van der Waals surface area contributed by atoms with Crippen LogP contribution in [0.2, 0.25) is 0 Å². The van der Waals surface area contributed by atoms with E-state index in [1.54, 1.807) is 25.3 Å². The molecule has 4 rings (SSSR count). The molecular weight excluding hydrogens is 722 g/mol. The molecule has 6 nitrogen and oxygen atoms in total. The Labute approximate surface area is 296 Å². The molecule has 0 amide bonds. The van der Waals surface area contributed by atoms with Gasteiger partial charge in [-0.1, -0.05) is 70.5 Å². The van der Waals surface area contributed by atoms with Gasteiger partial charge in [0.1, 0.15) is 17.2 Å². The molecule has 0 bridgehead atoms. The minimum atomic E-state index is -0.916. The normalized spacial score (nSPS) is 11.6. The van der Waals surface area contributed by atoms with Crippen molar-refractivity contribution in [1.82, 2.24) is 0 Å². The van der Waals surface area contributed by atoms with E-state index in [1.165, 1.54) is 0 Å². The van der Waals surface area contributed by atoms with Crippen molar-refractivity contribution in [3.8, 4) is 23.0 Å². The number of halogens is 2. The van der Waals surface area contributed by atoms with Crippen LogP contribution in [-0.4, -0.2) is 30.3 Å². The maximum Gasteiger partial charge on any atom is 0.307 e. The van der Waals surface area contributed by atoms with Gasteiger partial charge in [-0.05, 0) is 111 Å². The van der Waals surface area contributed by atoms with E-state index in [9.17, 15) is 15.0 Å². The Morgan fingerprint density at radius 1 is 0.936 bits per heavy atom. The summed E-state index contributed by atoms with van der Waals surface area (Å²) < 4.78 is 13.9. The molecule has 0 aliphatic carbocycles. The van der Waals surface area contributed by atoms with Crippen molar-refractivity contribution >= 4 is 43.5 Å². The number of hydrogen-bond donors (Lipinski definition) is 2. The highest BCUT2D eigenvalue weighted by atomic mass is 79.9. The second kappa shape index (κ2) is 17.4. The second-order valence-electron chi connectivity index (χ2n) is 11.3. The number of aromatic hydroxyl groups is 1. The summed E-state index contributed by atoms with van der Waals surface area (Å²) in [7, 11) is 3.65. The number of hydrogen-bond acceptors (Lipinski definition) is 5. The molecule has 0 heterocycles. The summed E-state index contributed by atoms with van der Waals surface area (Å²) in [5.41, 5.74) is 6.11. The Bertz CT molecular complexity index is 1690. The van der Waals surface area contributed by atoms with Crippen LogP contribution in [0.1, 0.15) is 86.3 Å². The molecule has 1 atom stereocenters. The molecule has 0 spiro atoms. The molecule has 0 saturated heterocycles. The Morgan fingerprint density at radius 3 is 2.17 bits per heavy atom. The number of carboxylic acids is 1. The Kier molecular flexibility index (Phi) is 14.0. The standard InChI is InChI=1S/C37H39Br2NO5.C2H6/c1-7-8-14-40(5)26-12-13-32(41)28(19-26)36(25-11-9-10-23(4)15-25)29-21-33(44-6)27(22(2)3)20-34(29)45-37-30(38)16-24(17-31(37)39)18-35(42)43;1-2/h8-17,19-22,36,41H,7,18H2,1-6H3,(H,42,43);1-2H3/b14-8-;. The molecule has 0 aliphatic heterocycles. The highest BCUT2D eigenvalue weighted by Gasteiger charge is 2.28. The van der Waals surface area contributed by atoms with Gasteiger partial charge in [-0.3, -0.25) is 4.79 Å². The zero-order chi connectivity index (χ0) is 34.8. The van der Waals surface area contributed by atoms with E-state index in [2.05, 4.69) is 70.8 Å². The molecule has 2 N–H and O–H groups in total. The van der Waals surface area contributed by atoms with Gasteiger partial charge in [0.25, 0.3) is 0 Å². The minimum Gasteiger partial charge on any atom is -0.508 e. The van der Waals surface area contributed by atoms with E-state index in [4.69, 9.17) is 9.47 Å². The number of rotatable bonds is 12. The first kappa shape index (κ1) is 37.7. The molecule has 0 aliphatic rings. The molecule has 4 aromatic carbocycles. The molecule has 4 aromatic rings. The molecule has 250 valence electrons. The van der Waals surface area contributed by atoms with Crippen LogP contribution in [0.3, 0.4) is 0 Å². The minimum absolute atomic E-state index is 0.115. The van der Waals surface area contributed by atoms with E-state index in [1.807, 2.05) is 75.3 Å². The Hall–Kier alpha value is -3.75. The average Bonchev–Trinajstić information content (AvgIpc) is 3.03. The lowest BCUT2D eigenvalue weighted by Gasteiger charge is -2.27. The molecule has 0 aromatic heterocycles. The van der Waals surface area contributed by atoms with Gasteiger partial charge in [0.05, 0.1) is 22.5 Å². The molecule has 0 fully saturated rings. The largest absolute Gasteiger partial charge is 0.508 e. The second-order valence-corrected chi connectivity index (χ2v) is 13.1. The fourth-order valence-electron chi connectivity index (χ4n) is 5.35. The summed E-state index contributed by atoms with van der Waals surface area (Å²) in [5.74, 6) is 0.769. The first-order chi connectivity index (χ1) is 22.4. The number of anilines is 1. The van der Waals surface area contributed by atoms with Gasteiger partial charge in [-0.25, -0.2) is 0 Å². The number of carbonyl (C=O) groups is 1. The third kappa shape index (κ3) is 9.42. The third-order valence-electron chi connectivity index (χ3n) is 7.59. The lowest BCUT2D eigenvalue weighted by molar-refractivity contribution is -0.136. The first-order valence-corrected chi connectivity index (χ1v) is 17.4. The lowest BCUT2D eigenvalue weighted by Crippen LogP contribution is -2.11. The van der Waals surface area contributed by atoms with Crippen LogP contribution in [0.25, 0.3) is 0 Å². The predicted molar refractivity (Wildman–Crippen MR) is 200 cm³/mol. The Balaban J connectivity index is 0.00000294. The van der Waals surface area contributed by atoms with Crippen LogP contribution in [0.4, 0.5) is 5.69 Å². The summed E-state index contributed by atoms with van der Waals surface area (Å²) in [6.45, 7) is 12.3. The van der Waals surface area contributed by atoms with Gasteiger partial charge in [0.15, 0.2) is 5.75 Å². The number of aryl methyl sites for hydroxylation is 1. The fraction of sp³-hybridized carbons (Fsp3) is 0.308. The maximum absolute atomic E-state index is 11.4. The van der Waals surface area contributed by atoms with E-state index >= 15 is 0 Å². The van der Waals surface area contributed by atoms with Gasteiger partial charge < -0.3 is 24.6 Å². The average molecular weight is 768 g/mol. The highest BCUT2D eigenvalue weighted by molar-refractivity contribution is 9.11. The molecule has 0 radical (unpaired) electrons. The monoisotopic (exact) mass is 765 g/mol. The van der Waals surface area contributed by atoms with Crippen LogP contribution in [0.15, 0.2) is 88.0 Å². The topological polar surface area (TPSA) is 79.2 Å². The van der Waals surface area contributed by atoms with Crippen LogP contribution < -0.4 is 14.4 Å². The van der Waals surface area contributed by atoms with Gasteiger partial charge >= 0.3 is 5.97 Å². The molecular formula is C39H45Br2NO5. The zero-order valence-electron chi connectivity index (χ0n) is 28.4. The number of allylic oxidation sites excluding steroid dienone is 1. The zero-order valence-corrected chi connectivity index (χ0v) is 31.6. The number of aliphatic carboxylic acids is 1. The van der Waals surface area contributed by atoms with E-state index < -0.39 is 11.9 Å². The van der Waals surface area contributed by atoms with Gasteiger partial charge in [-0.2, -0.15) is 0 Å². The van der Waals surface area contributed by atoms with Crippen molar-refractivity contribution in [2.45, 2.75) is 66.2 Å². The van der Waals surface area contributed by atoms with E-state index in [0.717, 1.165) is 40.1 Å². The van der Waals surface area contributed by atoms with Gasteiger partial charge in [0, 0.05) is 35.3 Å². The van der Waals surface area contributed by atoms with Crippen molar-refractivity contribution in [3.63, 3.8) is 0 Å². The van der Waals surface area contributed by atoms with Crippen molar-refractivity contribution < 1.29 is 24.5 Å². The van der Waals surface area contributed by atoms with Crippen LogP contribution >= 0.6 is 31.9 Å². The Morgan fingerprint density at radius 2 is 1.60 bits per heavy atom. The number of phenolic OH excluding ortho intramolecular Hbond substituents is 1. The molecule has 0 saturated carbocycles. The highest BCUT2D eigenvalue weighted by Crippen LogP contribution is 2.48. The molecule has 47 heavy (non-hydrogen) atoms. The maximum atomic E-state index is 11.4. The van der Waals surface area contributed by atoms with Crippen molar-refractivity contribution in [2.24, 2.45) is 0 Å². The summed E-state index contributed by atoms with van der Waals surface area (Å²) in [6, 6.07) is 21.4. The van der Waals surface area contributed by atoms with Crippen LogP contribution in [0.5, 0.6) is 23.0 Å². The molecule has 8 heteroatoms. The quantitative estimate of drug-likeness (QED) is 0.140. The van der Waals surface area contributed by atoms with Gasteiger partial charge in [0.2, 0.25) is 0 Å². The van der Waals surface area contributed by atoms with E-state index in [0.29, 0.717) is 31.6 Å². The number of ether oxygens (including phenoxy) is 2. The third-order valence-corrected chi connectivity index (χ3v) is 8.77. The summed E-state index contributed by atoms with van der Waals surface area (Å²) in [4.78, 5) is 13.4. The SMILES string of the molecule is CC.CC/C=C\N(C)c1ccc(O)c(C(c2cccc(C)c2)c2cc(OC)c(C(C)C)cc2Oc2c(Br)cc(CC(=O)O)cc2Br)c1. The van der Waals surface area contributed by atoms with Crippen LogP contribution in [0, 0.1) is 6.92 Å². The number of methoxy groups -OCH3 is 1. The van der Waals surface area contributed by atoms with Crippen LogP contribution in [-0.2, 0) is 11.2 Å². The predicted octanol–water partition coefficient (Wildman–Crippen LogP) is 11.3. The number of phenols is 1. The summed E-state index contributed by atoms with van der Waals surface area (Å²) >= 11 is 7.23. The molecule has 1 unspecified atom stereocenters. The van der Waals surface area contributed by atoms with Crippen molar-refractivity contribution in [1.29, 1.82) is 0 Å².